The maximum Gasteiger partial charge on any atom is 0.0593 e. The Morgan fingerprint density at radius 2 is 1.88 bits per heavy atom. The second-order valence-electron chi connectivity index (χ2n) is 4.96. The first-order valence-electron chi connectivity index (χ1n) is 6.70. The summed E-state index contributed by atoms with van der Waals surface area (Å²) in [5.41, 5.74) is 0. The standard InChI is InChI=1S/C13H27NOS/c1-14(8-4-2-3-5-11-16)9-10-15-12-13-6-7-13/h13,16H,2-12H2,1H3. The van der Waals surface area contributed by atoms with Crippen molar-refractivity contribution >= 4 is 12.6 Å². The minimum atomic E-state index is 0.895. The van der Waals surface area contributed by atoms with Gasteiger partial charge in [-0.1, -0.05) is 12.8 Å². The number of nitrogens with zero attached hydrogens (tertiary/aromatic N) is 1. The molecule has 1 rings (SSSR count). The second kappa shape index (κ2) is 9.32. The average Bonchev–Trinajstić information content (AvgIpc) is 3.08. The largest absolute Gasteiger partial charge is 0.380 e. The van der Waals surface area contributed by atoms with Gasteiger partial charge in [0.15, 0.2) is 0 Å². The van der Waals surface area contributed by atoms with Gasteiger partial charge < -0.3 is 9.64 Å². The molecule has 0 unspecified atom stereocenters. The second-order valence-corrected chi connectivity index (χ2v) is 5.41. The van der Waals surface area contributed by atoms with E-state index in [-0.39, 0.29) is 0 Å². The highest BCUT2D eigenvalue weighted by atomic mass is 32.1. The van der Waals surface area contributed by atoms with Crippen molar-refractivity contribution in [2.75, 3.05) is 39.1 Å². The van der Waals surface area contributed by atoms with E-state index in [2.05, 4.69) is 24.6 Å². The summed E-state index contributed by atoms with van der Waals surface area (Å²) in [6, 6.07) is 0. The molecule has 1 saturated carbocycles. The van der Waals surface area contributed by atoms with Gasteiger partial charge in [-0.25, -0.2) is 0 Å². The van der Waals surface area contributed by atoms with Crippen molar-refractivity contribution < 1.29 is 4.74 Å². The minimum Gasteiger partial charge on any atom is -0.380 e. The molecule has 1 aliphatic rings. The monoisotopic (exact) mass is 245 g/mol. The normalized spacial score (nSPS) is 15.9. The van der Waals surface area contributed by atoms with Crippen LogP contribution >= 0.6 is 12.6 Å². The van der Waals surface area contributed by atoms with Crippen molar-refractivity contribution in [3.63, 3.8) is 0 Å². The maximum atomic E-state index is 5.62. The summed E-state index contributed by atoms with van der Waals surface area (Å²) in [5, 5.41) is 0. The van der Waals surface area contributed by atoms with Gasteiger partial charge in [0.1, 0.15) is 0 Å². The molecule has 0 heterocycles. The quantitative estimate of drug-likeness (QED) is 0.444. The zero-order chi connectivity index (χ0) is 11.6. The van der Waals surface area contributed by atoms with Gasteiger partial charge in [-0.3, -0.25) is 0 Å². The van der Waals surface area contributed by atoms with Gasteiger partial charge in [0.25, 0.3) is 0 Å². The first-order chi connectivity index (χ1) is 7.83. The van der Waals surface area contributed by atoms with Crippen LogP contribution < -0.4 is 0 Å². The van der Waals surface area contributed by atoms with Gasteiger partial charge in [0, 0.05) is 13.2 Å². The lowest BCUT2D eigenvalue weighted by Crippen LogP contribution is -2.24. The molecule has 0 aromatic carbocycles. The molecule has 0 radical (unpaired) electrons. The fourth-order valence-corrected chi connectivity index (χ4v) is 1.94. The Hall–Kier alpha value is 0.270. The number of rotatable bonds is 11. The SMILES string of the molecule is CN(CCCCCCS)CCOCC1CC1. The van der Waals surface area contributed by atoms with Crippen molar-refractivity contribution in [3.8, 4) is 0 Å². The van der Waals surface area contributed by atoms with Crippen LogP contribution in [0.5, 0.6) is 0 Å². The van der Waals surface area contributed by atoms with E-state index in [9.17, 15) is 0 Å². The average molecular weight is 245 g/mol. The van der Waals surface area contributed by atoms with E-state index in [1.807, 2.05) is 0 Å². The molecule has 0 amide bonds. The topological polar surface area (TPSA) is 12.5 Å². The lowest BCUT2D eigenvalue weighted by atomic mass is 10.2. The summed E-state index contributed by atoms with van der Waals surface area (Å²) < 4.78 is 5.62. The number of hydrogen-bond donors (Lipinski definition) is 1. The minimum absolute atomic E-state index is 0.895. The summed E-state index contributed by atoms with van der Waals surface area (Å²) in [7, 11) is 2.19. The van der Waals surface area contributed by atoms with Crippen LogP contribution in [0.3, 0.4) is 0 Å². The molecular formula is C13H27NOS. The third-order valence-electron chi connectivity index (χ3n) is 3.12. The number of thiol groups is 1. The van der Waals surface area contributed by atoms with Crippen LogP contribution in [0.2, 0.25) is 0 Å². The molecule has 0 bridgehead atoms. The highest BCUT2D eigenvalue weighted by Gasteiger charge is 2.20. The third-order valence-corrected chi connectivity index (χ3v) is 3.43. The summed E-state index contributed by atoms with van der Waals surface area (Å²) in [4.78, 5) is 2.38. The molecule has 0 N–H and O–H groups in total. The van der Waals surface area contributed by atoms with Gasteiger partial charge in [-0.2, -0.15) is 12.6 Å². The van der Waals surface area contributed by atoms with Crippen LogP contribution in [0, 0.1) is 5.92 Å². The van der Waals surface area contributed by atoms with Crippen LogP contribution in [0.1, 0.15) is 38.5 Å². The van der Waals surface area contributed by atoms with Crippen molar-refractivity contribution in [1.29, 1.82) is 0 Å². The molecule has 0 aromatic heterocycles. The Morgan fingerprint density at radius 1 is 1.12 bits per heavy atom. The Morgan fingerprint density at radius 3 is 2.56 bits per heavy atom. The van der Waals surface area contributed by atoms with E-state index < -0.39 is 0 Å². The number of ether oxygens (including phenoxy) is 1. The predicted octanol–water partition coefficient (Wildman–Crippen LogP) is 2.84. The third kappa shape index (κ3) is 8.43. The molecule has 0 aromatic rings. The Bertz CT molecular complexity index is 162. The van der Waals surface area contributed by atoms with Crippen LogP contribution in [0.15, 0.2) is 0 Å². The first kappa shape index (κ1) is 14.3. The van der Waals surface area contributed by atoms with Crippen LogP contribution in [0.4, 0.5) is 0 Å². The highest BCUT2D eigenvalue weighted by molar-refractivity contribution is 7.80. The van der Waals surface area contributed by atoms with Gasteiger partial charge >= 0.3 is 0 Å². The van der Waals surface area contributed by atoms with Gasteiger partial charge in [-0.05, 0) is 50.9 Å². The van der Waals surface area contributed by atoms with Crippen LogP contribution in [-0.2, 0) is 4.74 Å². The Labute approximate surface area is 106 Å². The van der Waals surface area contributed by atoms with E-state index in [4.69, 9.17) is 4.74 Å². The van der Waals surface area contributed by atoms with Gasteiger partial charge in [0.05, 0.1) is 6.61 Å². The van der Waals surface area contributed by atoms with E-state index in [1.54, 1.807) is 0 Å². The van der Waals surface area contributed by atoms with Crippen molar-refractivity contribution in [3.05, 3.63) is 0 Å². The fourth-order valence-electron chi connectivity index (χ4n) is 1.71. The molecule has 0 atom stereocenters. The fraction of sp³-hybridized carbons (Fsp3) is 1.00. The molecule has 2 nitrogen and oxygen atoms in total. The highest BCUT2D eigenvalue weighted by Crippen LogP contribution is 2.28. The summed E-state index contributed by atoms with van der Waals surface area (Å²) >= 11 is 4.21. The van der Waals surface area contributed by atoms with Crippen molar-refractivity contribution in [1.82, 2.24) is 4.90 Å². The summed E-state index contributed by atoms with van der Waals surface area (Å²) in [5.74, 6) is 1.93. The van der Waals surface area contributed by atoms with Gasteiger partial charge in [0.2, 0.25) is 0 Å². The molecule has 16 heavy (non-hydrogen) atoms. The maximum absolute atomic E-state index is 5.62. The smallest absolute Gasteiger partial charge is 0.0593 e. The predicted molar refractivity (Wildman–Crippen MR) is 73.4 cm³/mol. The molecule has 0 aliphatic heterocycles. The Balaban J connectivity index is 1.76. The van der Waals surface area contributed by atoms with Crippen LogP contribution in [-0.4, -0.2) is 44.0 Å². The van der Waals surface area contributed by atoms with E-state index in [0.717, 1.165) is 31.4 Å². The number of likely N-dealkylation sites (N-methyl/N-ethyl adjacent to an activating group) is 1. The number of hydrogen-bond acceptors (Lipinski definition) is 3. The molecule has 0 spiro atoms. The van der Waals surface area contributed by atoms with Crippen molar-refractivity contribution in [2.24, 2.45) is 5.92 Å². The molecular weight excluding hydrogens is 218 g/mol. The van der Waals surface area contributed by atoms with E-state index >= 15 is 0 Å². The molecule has 3 heteroatoms. The zero-order valence-corrected chi connectivity index (χ0v) is 11.6. The van der Waals surface area contributed by atoms with Crippen LogP contribution in [0.25, 0.3) is 0 Å². The van der Waals surface area contributed by atoms with Crippen molar-refractivity contribution in [2.45, 2.75) is 38.5 Å². The van der Waals surface area contributed by atoms with Gasteiger partial charge in [-0.15, -0.1) is 0 Å². The molecule has 0 saturated heterocycles. The number of unbranched alkanes of at least 4 members (excludes halogenated alkanes) is 3. The molecule has 96 valence electrons. The summed E-state index contributed by atoms with van der Waals surface area (Å²) in [6.07, 6.45) is 8.02. The zero-order valence-electron chi connectivity index (χ0n) is 10.7. The lowest BCUT2D eigenvalue weighted by Gasteiger charge is -2.16. The molecule has 1 fully saturated rings. The van der Waals surface area contributed by atoms with E-state index in [0.29, 0.717) is 0 Å². The molecule has 1 aliphatic carbocycles. The first-order valence-corrected chi connectivity index (χ1v) is 7.33. The van der Waals surface area contributed by atoms with E-state index in [1.165, 1.54) is 45.1 Å². The lowest BCUT2D eigenvalue weighted by molar-refractivity contribution is 0.103. The summed E-state index contributed by atoms with van der Waals surface area (Å²) in [6.45, 7) is 4.19. The Kier molecular flexibility index (Phi) is 8.34.